The highest BCUT2D eigenvalue weighted by atomic mass is 19.1. The zero-order chi connectivity index (χ0) is 17.9. The maximum absolute atomic E-state index is 13.6. The van der Waals surface area contributed by atoms with Gasteiger partial charge in [0, 0.05) is 29.8 Å². The van der Waals surface area contributed by atoms with Gasteiger partial charge in [-0.25, -0.2) is 4.39 Å². The van der Waals surface area contributed by atoms with Gasteiger partial charge in [-0.1, -0.05) is 6.07 Å². The number of anilines is 2. The Balaban J connectivity index is 2.29. The number of nitrogens with one attached hydrogen (secondary N) is 2. The molecule has 2 aromatic rings. The van der Waals surface area contributed by atoms with Crippen LogP contribution in [-0.2, 0) is 4.79 Å². The van der Waals surface area contributed by atoms with Gasteiger partial charge in [0.2, 0.25) is 5.91 Å². The molecular weight excluding hydrogens is 317 g/mol. The summed E-state index contributed by atoms with van der Waals surface area (Å²) in [5, 5.41) is 15.8. The highest BCUT2D eigenvalue weighted by Crippen LogP contribution is 2.24. The largest absolute Gasteiger partial charge is 0.324 e. The molecule has 0 spiro atoms. The van der Waals surface area contributed by atoms with Crippen LogP contribution in [0.25, 0.3) is 0 Å². The molecular formula is C16H14FN3O4. The molecule has 0 bridgehead atoms. The van der Waals surface area contributed by atoms with Crippen molar-refractivity contribution in [3.8, 4) is 0 Å². The molecule has 24 heavy (non-hydrogen) atoms. The monoisotopic (exact) mass is 331 g/mol. The summed E-state index contributed by atoms with van der Waals surface area (Å²) in [7, 11) is 0. The molecule has 2 aromatic carbocycles. The Morgan fingerprint density at radius 3 is 2.50 bits per heavy atom. The molecule has 124 valence electrons. The SMILES string of the molecule is CC(=O)Nc1cc(NC(=O)c2cccc([N+](=O)[O-])c2C)ccc1F. The van der Waals surface area contributed by atoms with E-state index in [1.807, 2.05) is 0 Å². The second-order valence-corrected chi connectivity index (χ2v) is 5.04. The van der Waals surface area contributed by atoms with Crippen LogP contribution in [0.15, 0.2) is 36.4 Å². The van der Waals surface area contributed by atoms with Gasteiger partial charge in [-0.05, 0) is 31.2 Å². The Morgan fingerprint density at radius 1 is 1.17 bits per heavy atom. The summed E-state index contributed by atoms with van der Waals surface area (Å²) in [5.74, 6) is -1.67. The molecule has 0 fully saturated rings. The van der Waals surface area contributed by atoms with Gasteiger partial charge in [0.05, 0.1) is 10.6 Å². The van der Waals surface area contributed by atoms with E-state index >= 15 is 0 Å². The molecule has 0 atom stereocenters. The summed E-state index contributed by atoms with van der Waals surface area (Å²) in [6.45, 7) is 2.71. The van der Waals surface area contributed by atoms with Crippen molar-refractivity contribution >= 4 is 28.9 Å². The van der Waals surface area contributed by atoms with E-state index in [0.29, 0.717) is 0 Å². The van der Waals surface area contributed by atoms with Gasteiger partial charge in [0.25, 0.3) is 11.6 Å². The van der Waals surface area contributed by atoms with Gasteiger partial charge >= 0.3 is 0 Å². The number of hydrogen-bond acceptors (Lipinski definition) is 4. The minimum atomic E-state index is -0.644. The molecule has 0 aliphatic rings. The van der Waals surface area contributed by atoms with Crippen LogP contribution in [0, 0.1) is 22.9 Å². The maximum Gasteiger partial charge on any atom is 0.273 e. The number of rotatable bonds is 4. The van der Waals surface area contributed by atoms with Crippen molar-refractivity contribution in [2.75, 3.05) is 10.6 Å². The Hall–Kier alpha value is -3.29. The molecule has 0 saturated carbocycles. The lowest BCUT2D eigenvalue weighted by Gasteiger charge is -2.10. The van der Waals surface area contributed by atoms with Crippen molar-refractivity contribution in [1.82, 2.24) is 0 Å². The first-order chi connectivity index (χ1) is 11.3. The number of halogens is 1. The van der Waals surface area contributed by atoms with Crippen LogP contribution >= 0.6 is 0 Å². The van der Waals surface area contributed by atoms with Gasteiger partial charge in [-0.3, -0.25) is 19.7 Å². The molecule has 0 radical (unpaired) electrons. The van der Waals surface area contributed by atoms with E-state index in [2.05, 4.69) is 10.6 Å². The molecule has 2 N–H and O–H groups in total. The number of nitro groups is 1. The number of carbonyl (C=O) groups excluding carboxylic acids is 2. The molecule has 0 unspecified atom stereocenters. The lowest BCUT2D eigenvalue weighted by Crippen LogP contribution is -2.15. The van der Waals surface area contributed by atoms with Crippen molar-refractivity contribution in [3.05, 3.63) is 63.5 Å². The molecule has 0 saturated heterocycles. The van der Waals surface area contributed by atoms with Crippen molar-refractivity contribution < 1.29 is 18.9 Å². The lowest BCUT2D eigenvalue weighted by atomic mass is 10.1. The summed E-state index contributed by atoms with van der Waals surface area (Å²) in [6, 6.07) is 7.86. The van der Waals surface area contributed by atoms with Gasteiger partial charge in [-0.15, -0.1) is 0 Å². The number of carbonyl (C=O) groups is 2. The smallest absolute Gasteiger partial charge is 0.273 e. The minimum absolute atomic E-state index is 0.0731. The standard InChI is InChI=1S/C16H14FN3O4/c1-9-12(4-3-5-15(9)20(23)24)16(22)19-11-6-7-13(17)14(8-11)18-10(2)21/h3-8H,1-2H3,(H,18,21)(H,19,22). The van der Waals surface area contributed by atoms with Gasteiger partial charge in [-0.2, -0.15) is 0 Å². The number of amides is 2. The van der Waals surface area contributed by atoms with Gasteiger partial charge in [0.1, 0.15) is 5.82 Å². The van der Waals surface area contributed by atoms with Crippen molar-refractivity contribution in [2.24, 2.45) is 0 Å². The van der Waals surface area contributed by atoms with Crippen molar-refractivity contribution in [2.45, 2.75) is 13.8 Å². The van der Waals surface area contributed by atoms with Crippen LogP contribution in [0.4, 0.5) is 21.5 Å². The summed E-state index contributed by atoms with van der Waals surface area (Å²) < 4.78 is 13.6. The predicted octanol–water partition coefficient (Wildman–Crippen LogP) is 3.25. The van der Waals surface area contributed by atoms with E-state index in [1.165, 1.54) is 44.2 Å². The Kier molecular flexibility index (Phi) is 4.88. The summed E-state index contributed by atoms with van der Waals surface area (Å²) in [5.41, 5.74) is 0.367. The van der Waals surface area contributed by atoms with Crippen LogP contribution in [0.3, 0.4) is 0 Å². The fourth-order valence-electron chi connectivity index (χ4n) is 2.15. The fourth-order valence-corrected chi connectivity index (χ4v) is 2.15. The first-order valence-electron chi connectivity index (χ1n) is 6.92. The van der Waals surface area contributed by atoms with E-state index in [0.717, 1.165) is 6.07 Å². The van der Waals surface area contributed by atoms with Crippen LogP contribution in [-0.4, -0.2) is 16.7 Å². The first kappa shape index (κ1) is 17.1. The van der Waals surface area contributed by atoms with E-state index in [1.54, 1.807) is 0 Å². The Bertz CT molecular complexity index is 836. The van der Waals surface area contributed by atoms with Crippen molar-refractivity contribution in [1.29, 1.82) is 0 Å². The molecule has 0 aliphatic carbocycles. The lowest BCUT2D eigenvalue weighted by molar-refractivity contribution is -0.385. The van der Waals surface area contributed by atoms with Crippen LogP contribution in [0.2, 0.25) is 0 Å². The molecule has 2 rings (SSSR count). The van der Waals surface area contributed by atoms with E-state index < -0.39 is 22.6 Å². The minimum Gasteiger partial charge on any atom is -0.324 e. The zero-order valence-corrected chi connectivity index (χ0v) is 12.9. The third-order valence-corrected chi connectivity index (χ3v) is 3.28. The number of hydrogen-bond donors (Lipinski definition) is 2. The van der Waals surface area contributed by atoms with E-state index in [4.69, 9.17) is 0 Å². The second-order valence-electron chi connectivity index (χ2n) is 5.04. The third-order valence-electron chi connectivity index (χ3n) is 3.28. The maximum atomic E-state index is 13.6. The van der Waals surface area contributed by atoms with Crippen LogP contribution in [0.5, 0.6) is 0 Å². The molecule has 8 heteroatoms. The predicted molar refractivity (Wildman–Crippen MR) is 86.5 cm³/mol. The summed E-state index contributed by atoms with van der Waals surface area (Å²) in [6.07, 6.45) is 0. The van der Waals surface area contributed by atoms with E-state index in [-0.39, 0.29) is 28.2 Å². The Labute approximate surface area is 136 Å². The highest BCUT2D eigenvalue weighted by Gasteiger charge is 2.18. The Morgan fingerprint density at radius 2 is 1.88 bits per heavy atom. The number of benzene rings is 2. The number of nitro benzene ring substituents is 1. The fraction of sp³-hybridized carbons (Fsp3) is 0.125. The quantitative estimate of drug-likeness (QED) is 0.663. The average molecular weight is 331 g/mol. The normalized spacial score (nSPS) is 10.1. The molecule has 0 aliphatic heterocycles. The zero-order valence-electron chi connectivity index (χ0n) is 12.9. The second kappa shape index (κ2) is 6.86. The van der Waals surface area contributed by atoms with E-state index in [9.17, 15) is 24.1 Å². The first-order valence-corrected chi connectivity index (χ1v) is 6.92. The van der Waals surface area contributed by atoms with Crippen LogP contribution in [0.1, 0.15) is 22.8 Å². The summed E-state index contributed by atoms with van der Waals surface area (Å²) in [4.78, 5) is 33.7. The van der Waals surface area contributed by atoms with Gasteiger partial charge in [0.15, 0.2) is 0 Å². The average Bonchev–Trinajstić information content (AvgIpc) is 2.50. The molecule has 0 aromatic heterocycles. The number of nitrogens with zero attached hydrogens (tertiary/aromatic N) is 1. The topological polar surface area (TPSA) is 101 Å². The van der Waals surface area contributed by atoms with Gasteiger partial charge < -0.3 is 10.6 Å². The highest BCUT2D eigenvalue weighted by molar-refractivity contribution is 6.06. The molecule has 2 amide bonds. The third kappa shape index (κ3) is 3.72. The molecule has 0 heterocycles. The van der Waals surface area contributed by atoms with Crippen LogP contribution < -0.4 is 10.6 Å². The van der Waals surface area contributed by atoms with Crippen molar-refractivity contribution in [3.63, 3.8) is 0 Å². The summed E-state index contributed by atoms with van der Waals surface area (Å²) >= 11 is 0. The molecule has 7 nitrogen and oxygen atoms in total.